The maximum absolute atomic E-state index is 11.8. The van der Waals surface area contributed by atoms with Crippen molar-refractivity contribution in [2.45, 2.75) is 20.8 Å². The first-order valence-corrected chi connectivity index (χ1v) is 7.66. The second kappa shape index (κ2) is 7.96. The molecule has 0 aliphatic heterocycles. The lowest BCUT2D eigenvalue weighted by Crippen LogP contribution is -2.46. The van der Waals surface area contributed by atoms with E-state index in [4.69, 9.17) is 0 Å². The fourth-order valence-electron chi connectivity index (χ4n) is 2.24. The lowest BCUT2D eigenvalue weighted by atomic mass is 10.2. The van der Waals surface area contributed by atoms with Gasteiger partial charge in [0, 0.05) is 23.9 Å². The Hall–Kier alpha value is -3.09. The van der Waals surface area contributed by atoms with E-state index in [1.165, 1.54) is 6.08 Å². The summed E-state index contributed by atoms with van der Waals surface area (Å²) in [6, 6.07) is 9.32. The first-order valence-electron chi connectivity index (χ1n) is 7.66. The van der Waals surface area contributed by atoms with Gasteiger partial charge in [-0.1, -0.05) is 18.2 Å². The zero-order valence-electron chi connectivity index (χ0n) is 14.0. The van der Waals surface area contributed by atoms with Crippen molar-refractivity contribution >= 4 is 18.0 Å². The standard InChI is InChI=1S/C17H21N5O2/c1-4-18-17(24)20-19-16(23)11-10-15-12(2)21-22(13(15)3)14-8-6-5-7-9-14/h5-11H,4H2,1-3H3,(H,19,23)(H2,18,20,24). The second-order valence-electron chi connectivity index (χ2n) is 5.14. The van der Waals surface area contributed by atoms with Crippen LogP contribution in [0.2, 0.25) is 0 Å². The van der Waals surface area contributed by atoms with Crippen molar-refractivity contribution in [3.8, 4) is 5.69 Å². The molecule has 0 fully saturated rings. The molecule has 7 nitrogen and oxygen atoms in total. The molecule has 0 radical (unpaired) electrons. The van der Waals surface area contributed by atoms with Crippen LogP contribution in [0.25, 0.3) is 11.8 Å². The molecule has 0 atom stereocenters. The molecule has 1 aromatic heterocycles. The minimum Gasteiger partial charge on any atom is -0.337 e. The number of benzene rings is 1. The van der Waals surface area contributed by atoms with Crippen LogP contribution in [0.15, 0.2) is 36.4 Å². The summed E-state index contributed by atoms with van der Waals surface area (Å²) in [6.07, 6.45) is 3.05. The summed E-state index contributed by atoms with van der Waals surface area (Å²) < 4.78 is 1.83. The molecule has 2 aromatic rings. The van der Waals surface area contributed by atoms with Gasteiger partial charge in [0.05, 0.1) is 11.4 Å². The quantitative estimate of drug-likeness (QED) is 0.591. The average molecular weight is 327 g/mol. The van der Waals surface area contributed by atoms with Crippen molar-refractivity contribution in [3.63, 3.8) is 0 Å². The second-order valence-corrected chi connectivity index (χ2v) is 5.14. The van der Waals surface area contributed by atoms with Crippen molar-refractivity contribution in [1.29, 1.82) is 0 Å². The first-order chi connectivity index (χ1) is 11.5. The van der Waals surface area contributed by atoms with Gasteiger partial charge in [0.15, 0.2) is 0 Å². The lowest BCUT2D eigenvalue weighted by molar-refractivity contribution is -0.117. The van der Waals surface area contributed by atoms with Gasteiger partial charge in [0.1, 0.15) is 0 Å². The number of hydrogen-bond donors (Lipinski definition) is 3. The molecule has 0 aliphatic carbocycles. The summed E-state index contributed by atoms with van der Waals surface area (Å²) in [7, 11) is 0. The highest BCUT2D eigenvalue weighted by atomic mass is 16.2. The van der Waals surface area contributed by atoms with Gasteiger partial charge < -0.3 is 5.32 Å². The monoisotopic (exact) mass is 327 g/mol. The first kappa shape index (κ1) is 17.3. The highest BCUT2D eigenvalue weighted by molar-refractivity contribution is 5.93. The molecule has 3 N–H and O–H groups in total. The van der Waals surface area contributed by atoms with Crippen LogP contribution in [-0.2, 0) is 4.79 Å². The predicted molar refractivity (Wildman–Crippen MR) is 92.4 cm³/mol. The summed E-state index contributed by atoms with van der Waals surface area (Å²) >= 11 is 0. The van der Waals surface area contributed by atoms with Gasteiger partial charge in [0.2, 0.25) is 0 Å². The van der Waals surface area contributed by atoms with E-state index in [0.717, 1.165) is 22.6 Å². The van der Waals surface area contributed by atoms with Crippen molar-refractivity contribution in [3.05, 3.63) is 53.4 Å². The number of aromatic nitrogens is 2. The molecular weight excluding hydrogens is 306 g/mol. The summed E-state index contributed by atoms with van der Waals surface area (Å²) in [6.45, 7) is 6.10. The molecule has 0 saturated heterocycles. The number of rotatable bonds is 4. The van der Waals surface area contributed by atoms with Gasteiger partial charge in [0.25, 0.3) is 5.91 Å². The maximum Gasteiger partial charge on any atom is 0.333 e. The number of nitrogens with one attached hydrogen (secondary N) is 3. The number of amides is 3. The van der Waals surface area contributed by atoms with E-state index in [9.17, 15) is 9.59 Å². The highest BCUT2D eigenvalue weighted by Gasteiger charge is 2.10. The molecular formula is C17H21N5O2. The van der Waals surface area contributed by atoms with Crippen LogP contribution < -0.4 is 16.2 Å². The normalized spacial score (nSPS) is 10.6. The molecule has 24 heavy (non-hydrogen) atoms. The lowest BCUT2D eigenvalue weighted by Gasteiger charge is -2.05. The number of hydrogen-bond acceptors (Lipinski definition) is 3. The minimum absolute atomic E-state index is 0.424. The maximum atomic E-state index is 11.8. The molecule has 7 heteroatoms. The molecule has 1 heterocycles. The molecule has 3 amide bonds. The Bertz CT molecular complexity index is 750. The van der Waals surface area contributed by atoms with Gasteiger partial charge in [-0.3, -0.25) is 10.2 Å². The summed E-state index contributed by atoms with van der Waals surface area (Å²) in [5.41, 5.74) is 8.13. The molecule has 126 valence electrons. The Morgan fingerprint density at radius 3 is 2.54 bits per heavy atom. The number of hydrazine groups is 1. The zero-order valence-corrected chi connectivity index (χ0v) is 14.0. The summed E-state index contributed by atoms with van der Waals surface area (Å²) in [5, 5.41) is 7.02. The molecule has 0 aliphatic rings. The van der Waals surface area contributed by atoms with Crippen LogP contribution in [0, 0.1) is 13.8 Å². The zero-order chi connectivity index (χ0) is 17.5. The molecule has 0 saturated carbocycles. The number of nitrogens with zero attached hydrogens (tertiary/aromatic N) is 2. The molecule has 0 spiro atoms. The topological polar surface area (TPSA) is 88.1 Å². The predicted octanol–water partition coefficient (Wildman–Crippen LogP) is 1.85. The molecule has 2 rings (SSSR count). The van der Waals surface area contributed by atoms with E-state index >= 15 is 0 Å². The summed E-state index contributed by atoms with van der Waals surface area (Å²) in [4.78, 5) is 23.0. The van der Waals surface area contributed by atoms with Crippen LogP contribution in [0.1, 0.15) is 23.9 Å². The summed E-state index contributed by atoms with van der Waals surface area (Å²) in [5.74, 6) is -0.424. The van der Waals surface area contributed by atoms with Crippen LogP contribution >= 0.6 is 0 Å². The van der Waals surface area contributed by atoms with E-state index in [2.05, 4.69) is 21.3 Å². The van der Waals surface area contributed by atoms with Crippen LogP contribution in [0.3, 0.4) is 0 Å². The number of para-hydroxylation sites is 1. The highest BCUT2D eigenvalue weighted by Crippen LogP contribution is 2.18. The number of aryl methyl sites for hydroxylation is 1. The number of urea groups is 1. The van der Waals surface area contributed by atoms with Crippen molar-refractivity contribution in [2.75, 3.05) is 6.54 Å². The number of carbonyl (C=O) groups is 2. The van der Waals surface area contributed by atoms with Gasteiger partial charge in [-0.2, -0.15) is 5.10 Å². The fourth-order valence-corrected chi connectivity index (χ4v) is 2.24. The van der Waals surface area contributed by atoms with E-state index in [1.807, 2.05) is 48.9 Å². The number of carbonyl (C=O) groups excluding carboxylic acids is 2. The SMILES string of the molecule is CCNC(=O)NNC(=O)C=Cc1c(C)nn(-c2ccccc2)c1C. The Morgan fingerprint density at radius 2 is 1.88 bits per heavy atom. The largest absolute Gasteiger partial charge is 0.337 e. The van der Waals surface area contributed by atoms with Crippen LogP contribution in [-0.4, -0.2) is 28.3 Å². The van der Waals surface area contributed by atoms with Crippen molar-refractivity contribution in [2.24, 2.45) is 0 Å². The Labute approximate surface area is 140 Å². The molecule has 1 aromatic carbocycles. The Kier molecular flexibility index (Phi) is 5.73. The average Bonchev–Trinajstić information content (AvgIpc) is 2.86. The van der Waals surface area contributed by atoms with E-state index < -0.39 is 11.9 Å². The van der Waals surface area contributed by atoms with Gasteiger partial charge >= 0.3 is 6.03 Å². The third-order valence-electron chi connectivity index (χ3n) is 3.39. The Morgan fingerprint density at radius 1 is 1.17 bits per heavy atom. The minimum atomic E-state index is -0.455. The third kappa shape index (κ3) is 4.22. The smallest absolute Gasteiger partial charge is 0.333 e. The third-order valence-corrected chi connectivity index (χ3v) is 3.39. The van der Waals surface area contributed by atoms with Crippen molar-refractivity contribution < 1.29 is 9.59 Å². The van der Waals surface area contributed by atoms with E-state index in [0.29, 0.717) is 6.54 Å². The van der Waals surface area contributed by atoms with Crippen LogP contribution in [0.4, 0.5) is 4.79 Å². The molecule has 0 bridgehead atoms. The van der Waals surface area contributed by atoms with E-state index in [-0.39, 0.29) is 0 Å². The Balaban J connectivity index is 2.09. The van der Waals surface area contributed by atoms with Gasteiger partial charge in [-0.25, -0.2) is 14.9 Å². The van der Waals surface area contributed by atoms with Crippen LogP contribution in [0.5, 0.6) is 0 Å². The molecule has 0 unspecified atom stereocenters. The van der Waals surface area contributed by atoms with Gasteiger partial charge in [-0.05, 0) is 39.0 Å². The van der Waals surface area contributed by atoms with Gasteiger partial charge in [-0.15, -0.1) is 0 Å². The van der Waals surface area contributed by atoms with Crippen molar-refractivity contribution in [1.82, 2.24) is 25.9 Å². The van der Waals surface area contributed by atoms with E-state index in [1.54, 1.807) is 13.0 Å². The fraction of sp³-hybridized carbons (Fsp3) is 0.235.